The van der Waals surface area contributed by atoms with Gasteiger partial charge >= 0.3 is 6.03 Å². The Hall–Kier alpha value is -3.28. The average molecular weight is 474 g/mol. The van der Waals surface area contributed by atoms with Crippen molar-refractivity contribution in [2.24, 2.45) is 5.14 Å². The average Bonchev–Trinajstić information content (AvgIpc) is 3.20. The van der Waals surface area contributed by atoms with E-state index in [-0.39, 0.29) is 23.3 Å². The van der Waals surface area contributed by atoms with E-state index in [0.717, 1.165) is 11.3 Å². The van der Waals surface area contributed by atoms with Gasteiger partial charge in [0, 0.05) is 24.0 Å². The van der Waals surface area contributed by atoms with Crippen LogP contribution in [-0.4, -0.2) is 31.9 Å². The van der Waals surface area contributed by atoms with Crippen LogP contribution in [0.25, 0.3) is 0 Å². The molecule has 0 aliphatic heterocycles. The fourth-order valence-electron chi connectivity index (χ4n) is 2.78. The number of carbonyl (C=O) groups is 2. The SMILES string of the molecule is NS(=O)(=O)c1ccc(CCNC(=O)CCc2csc(NC(=O)Nc3ccccc3)n2)cc1. The lowest BCUT2D eigenvalue weighted by atomic mass is 10.1. The van der Waals surface area contributed by atoms with Gasteiger partial charge in [-0.1, -0.05) is 30.3 Å². The second-order valence-corrected chi connectivity index (χ2v) is 9.30. The van der Waals surface area contributed by atoms with Crippen LogP contribution in [0.1, 0.15) is 17.7 Å². The molecule has 0 fully saturated rings. The van der Waals surface area contributed by atoms with Crippen molar-refractivity contribution in [2.45, 2.75) is 24.2 Å². The number of hydrogen-bond donors (Lipinski definition) is 4. The predicted octanol–water partition coefficient (Wildman–Crippen LogP) is 2.73. The lowest BCUT2D eigenvalue weighted by molar-refractivity contribution is -0.121. The number of aromatic nitrogens is 1. The number of rotatable bonds is 9. The van der Waals surface area contributed by atoms with E-state index in [1.165, 1.54) is 23.5 Å². The fourth-order valence-corrected chi connectivity index (χ4v) is 4.04. The first-order valence-electron chi connectivity index (χ1n) is 9.75. The molecule has 3 amide bonds. The minimum atomic E-state index is -3.71. The zero-order valence-electron chi connectivity index (χ0n) is 17.1. The molecule has 11 heteroatoms. The van der Waals surface area contributed by atoms with E-state index in [1.807, 2.05) is 18.2 Å². The maximum atomic E-state index is 12.1. The summed E-state index contributed by atoms with van der Waals surface area (Å²) in [6.45, 7) is 0.428. The highest BCUT2D eigenvalue weighted by molar-refractivity contribution is 7.89. The molecule has 2 aromatic carbocycles. The van der Waals surface area contributed by atoms with Gasteiger partial charge in [0.15, 0.2) is 5.13 Å². The molecular formula is C21H23N5O4S2. The number of urea groups is 1. The van der Waals surface area contributed by atoms with Gasteiger partial charge < -0.3 is 10.6 Å². The van der Waals surface area contributed by atoms with Crippen LogP contribution in [-0.2, 0) is 27.7 Å². The van der Waals surface area contributed by atoms with Crippen molar-refractivity contribution in [3.63, 3.8) is 0 Å². The van der Waals surface area contributed by atoms with E-state index in [2.05, 4.69) is 20.9 Å². The number of carbonyl (C=O) groups excluding carboxylic acids is 2. The van der Waals surface area contributed by atoms with Gasteiger partial charge in [-0.3, -0.25) is 10.1 Å². The molecule has 0 saturated carbocycles. The summed E-state index contributed by atoms with van der Waals surface area (Å²) >= 11 is 1.29. The Balaban J connectivity index is 1.37. The molecule has 1 aromatic heterocycles. The van der Waals surface area contributed by atoms with Gasteiger partial charge in [-0.2, -0.15) is 0 Å². The Morgan fingerprint density at radius 2 is 1.69 bits per heavy atom. The number of anilines is 2. The Morgan fingerprint density at radius 1 is 0.969 bits per heavy atom. The second kappa shape index (κ2) is 10.8. The summed E-state index contributed by atoms with van der Waals surface area (Å²) in [6.07, 6.45) is 1.29. The van der Waals surface area contributed by atoms with Crippen LogP contribution >= 0.6 is 11.3 Å². The van der Waals surface area contributed by atoms with Crippen molar-refractivity contribution in [1.29, 1.82) is 0 Å². The van der Waals surface area contributed by atoms with Crippen LogP contribution in [0.5, 0.6) is 0 Å². The Labute approximate surface area is 190 Å². The molecule has 1 heterocycles. The van der Waals surface area contributed by atoms with Gasteiger partial charge in [-0.15, -0.1) is 11.3 Å². The molecular weight excluding hydrogens is 450 g/mol. The summed E-state index contributed by atoms with van der Waals surface area (Å²) in [5.41, 5.74) is 2.29. The number of primary sulfonamides is 1. The largest absolute Gasteiger partial charge is 0.356 e. The molecule has 3 aromatic rings. The summed E-state index contributed by atoms with van der Waals surface area (Å²) in [6, 6.07) is 14.9. The molecule has 3 rings (SSSR count). The smallest absolute Gasteiger partial charge is 0.325 e. The number of para-hydroxylation sites is 1. The summed E-state index contributed by atoms with van der Waals surface area (Å²) < 4.78 is 22.5. The summed E-state index contributed by atoms with van der Waals surface area (Å²) in [7, 11) is -3.71. The Bertz CT molecular complexity index is 1160. The molecule has 0 atom stereocenters. The third kappa shape index (κ3) is 7.45. The first-order chi connectivity index (χ1) is 15.3. The molecule has 0 aliphatic rings. The summed E-state index contributed by atoms with van der Waals surface area (Å²) in [5, 5.41) is 15.5. The molecule has 0 aliphatic carbocycles. The van der Waals surface area contributed by atoms with Crippen molar-refractivity contribution >= 4 is 44.1 Å². The van der Waals surface area contributed by atoms with Crippen LogP contribution in [0.2, 0.25) is 0 Å². The highest BCUT2D eigenvalue weighted by Gasteiger charge is 2.09. The quantitative estimate of drug-likeness (QED) is 0.378. The highest BCUT2D eigenvalue weighted by atomic mass is 32.2. The predicted molar refractivity (Wildman–Crippen MR) is 124 cm³/mol. The zero-order chi connectivity index (χ0) is 23.0. The molecule has 0 bridgehead atoms. The van der Waals surface area contributed by atoms with Gasteiger partial charge in [0.05, 0.1) is 10.6 Å². The fraction of sp³-hybridized carbons (Fsp3) is 0.190. The molecule has 32 heavy (non-hydrogen) atoms. The maximum absolute atomic E-state index is 12.1. The number of sulfonamides is 1. The summed E-state index contributed by atoms with van der Waals surface area (Å²) in [4.78, 5) is 28.5. The number of aryl methyl sites for hydroxylation is 1. The van der Waals surface area contributed by atoms with Crippen LogP contribution < -0.4 is 21.1 Å². The van der Waals surface area contributed by atoms with E-state index in [9.17, 15) is 18.0 Å². The van der Waals surface area contributed by atoms with Gasteiger partial charge in [0.25, 0.3) is 0 Å². The minimum absolute atomic E-state index is 0.0555. The molecule has 0 spiro atoms. The highest BCUT2D eigenvalue weighted by Crippen LogP contribution is 2.17. The Morgan fingerprint density at radius 3 is 2.38 bits per heavy atom. The first-order valence-corrected chi connectivity index (χ1v) is 12.2. The van der Waals surface area contributed by atoms with E-state index in [0.29, 0.717) is 30.2 Å². The molecule has 0 saturated heterocycles. The topological polar surface area (TPSA) is 143 Å². The van der Waals surface area contributed by atoms with Crippen molar-refractivity contribution in [3.05, 3.63) is 71.2 Å². The van der Waals surface area contributed by atoms with E-state index in [4.69, 9.17) is 5.14 Å². The number of benzene rings is 2. The molecule has 5 N–H and O–H groups in total. The standard InChI is InChI=1S/C21H23N5O4S2/c22-32(29,30)18-9-6-15(7-10-18)12-13-23-19(27)11-8-17-14-31-21(25-17)26-20(28)24-16-4-2-1-3-5-16/h1-7,9-10,14H,8,11-13H2,(H,23,27)(H2,22,29,30)(H2,24,25,26,28). The number of nitrogens with zero attached hydrogens (tertiary/aromatic N) is 1. The van der Waals surface area contributed by atoms with Gasteiger partial charge in [0.2, 0.25) is 15.9 Å². The van der Waals surface area contributed by atoms with Crippen molar-refractivity contribution in [1.82, 2.24) is 10.3 Å². The number of thiazole rings is 1. The minimum Gasteiger partial charge on any atom is -0.356 e. The first kappa shape index (κ1) is 23.4. The second-order valence-electron chi connectivity index (χ2n) is 6.88. The molecule has 9 nitrogen and oxygen atoms in total. The normalized spacial score (nSPS) is 11.0. The van der Waals surface area contributed by atoms with Crippen LogP contribution in [0.15, 0.2) is 64.9 Å². The number of nitrogens with two attached hydrogens (primary N) is 1. The molecule has 0 radical (unpaired) electrons. The Kier molecular flexibility index (Phi) is 7.92. The van der Waals surface area contributed by atoms with Crippen LogP contribution in [0.3, 0.4) is 0 Å². The van der Waals surface area contributed by atoms with Crippen molar-refractivity contribution in [2.75, 3.05) is 17.2 Å². The number of hydrogen-bond acceptors (Lipinski definition) is 6. The lowest BCUT2D eigenvalue weighted by Gasteiger charge is -2.06. The number of nitrogens with one attached hydrogen (secondary N) is 3. The van der Waals surface area contributed by atoms with E-state index < -0.39 is 10.0 Å². The summed E-state index contributed by atoms with van der Waals surface area (Å²) in [5.74, 6) is -0.115. The van der Waals surface area contributed by atoms with Gasteiger partial charge in [-0.25, -0.2) is 23.3 Å². The number of amides is 3. The maximum Gasteiger partial charge on any atom is 0.325 e. The molecule has 168 valence electrons. The van der Waals surface area contributed by atoms with Crippen molar-refractivity contribution < 1.29 is 18.0 Å². The monoisotopic (exact) mass is 473 g/mol. The third-order valence-corrected chi connectivity index (χ3v) is 6.14. The van der Waals surface area contributed by atoms with Crippen LogP contribution in [0, 0.1) is 0 Å². The van der Waals surface area contributed by atoms with E-state index in [1.54, 1.807) is 29.6 Å². The lowest BCUT2D eigenvalue weighted by Crippen LogP contribution is -2.26. The zero-order valence-corrected chi connectivity index (χ0v) is 18.7. The third-order valence-electron chi connectivity index (χ3n) is 4.40. The van der Waals surface area contributed by atoms with E-state index >= 15 is 0 Å². The van der Waals surface area contributed by atoms with Crippen LogP contribution in [0.4, 0.5) is 15.6 Å². The molecule has 0 unspecified atom stereocenters. The van der Waals surface area contributed by atoms with Gasteiger partial charge in [-0.05, 0) is 42.7 Å². The van der Waals surface area contributed by atoms with Gasteiger partial charge in [0.1, 0.15) is 0 Å². The van der Waals surface area contributed by atoms with Crippen molar-refractivity contribution in [3.8, 4) is 0 Å².